The summed E-state index contributed by atoms with van der Waals surface area (Å²) in [5.74, 6) is -0.265. The molecule has 5 heteroatoms. The van der Waals surface area contributed by atoms with Gasteiger partial charge in [0.2, 0.25) is 6.10 Å². The largest absolute Gasteiger partial charge is 0.382 e. The Labute approximate surface area is 145 Å². The average molecular weight is 338 g/mol. The smallest absolute Gasteiger partial charge is 0.267 e. The number of rotatable bonds is 3. The summed E-state index contributed by atoms with van der Waals surface area (Å²) in [7, 11) is 0. The van der Waals surface area contributed by atoms with E-state index in [2.05, 4.69) is 17.3 Å². The number of fused-ring (bicyclic) bond motifs is 1. The predicted molar refractivity (Wildman–Crippen MR) is 92.6 cm³/mol. The van der Waals surface area contributed by atoms with Gasteiger partial charge in [0.25, 0.3) is 5.91 Å². The Morgan fingerprint density at radius 3 is 2.72 bits per heavy atom. The number of halogens is 1. The number of nitrogens with zero attached hydrogens (tertiary/aromatic N) is 2. The Kier molecular flexibility index (Phi) is 4.22. The van der Waals surface area contributed by atoms with Gasteiger partial charge in [0, 0.05) is 25.9 Å². The van der Waals surface area contributed by atoms with E-state index in [4.69, 9.17) is 4.84 Å². The molecule has 0 bridgehead atoms. The van der Waals surface area contributed by atoms with E-state index in [-0.39, 0.29) is 11.7 Å². The van der Waals surface area contributed by atoms with Crippen LogP contribution < -0.4 is 0 Å². The minimum atomic E-state index is -0.541. The van der Waals surface area contributed by atoms with Gasteiger partial charge in [-0.3, -0.25) is 4.79 Å². The lowest BCUT2D eigenvalue weighted by Gasteiger charge is -2.30. The van der Waals surface area contributed by atoms with Gasteiger partial charge in [0.05, 0.1) is 5.71 Å². The molecule has 128 valence electrons. The van der Waals surface area contributed by atoms with Crippen LogP contribution in [-0.4, -0.2) is 29.2 Å². The van der Waals surface area contributed by atoms with E-state index in [1.54, 1.807) is 12.1 Å². The van der Waals surface area contributed by atoms with Crippen LogP contribution in [0.1, 0.15) is 23.1 Å². The zero-order valence-corrected chi connectivity index (χ0v) is 13.8. The maximum Gasteiger partial charge on any atom is 0.267 e. The van der Waals surface area contributed by atoms with E-state index in [0.717, 1.165) is 17.7 Å². The van der Waals surface area contributed by atoms with Gasteiger partial charge in [-0.2, -0.15) is 0 Å². The molecule has 0 aliphatic carbocycles. The quantitative estimate of drug-likeness (QED) is 0.863. The van der Waals surface area contributed by atoms with Gasteiger partial charge in [-0.25, -0.2) is 4.39 Å². The van der Waals surface area contributed by atoms with Crippen molar-refractivity contribution < 1.29 is 14.0 Å². The van der Waals surface area contributed by atoms with Crippen LogP contribution in [0.4, 0.5) is 4.39 Å². The lowest BCUT2D eigenvalue weighted by atomic mass is 9.98. The van der Waals surface area contributed by atoms with Crippen LogP contribution in [0.5, 0.6) is 0 Å². The molecule has 0 N–H and O–H groups in total. The van der Waals surface area contributed by atoms with Crippen LogP contribution in [0, 0.1) is 5.82 Å². The molecule has 2 aliphatic rings. The molecule has 4 rings (SSSR count). The third-order valence-corrected chi connectivity index (χ3v) is 4.77. The van der Waals surface area contributed by atoms with E-state index in [9.17, 15) is 9.18 Å². The molecule has 0 spiro atoms. The van der Waals surface area contributed by atoms with E-state index in [1.807, 2.05) is 17.0 Å². The second-order valence-electron chi connectivity index (χ2n) is 6.54. The van der Waals surface area contributed by atoms with Crippen molar-refractivity contribution in [3.05, 3.63) is 71.0 Å². The first-order valence-corrected chi connectivity index (χ1v) is 8.50. The maximum absolute atomic E-state index is 13.0. The van der Waals surface area contributed by atoms with Crippen LogP contribution in [-0.2, 0) is 29.0 Å². The minimum absolute atomic E-state index is 0.00707. The van der Waals surface area contributed by atoms with Crippen molar-refractivity contribution in [1.29, 1.82) is 0 Å². The van der Waals surface area contributed by atoms with Crippen LogP contribution in [0.15, 0.2) is 53.7 Å². The van der Waals surface area contributed by atoms with E-state index in [0.29, 0.717) is 25.9 Å². The standard InChI is InChI=1S/C20H19FN2O2/c21-17-7-5-14(6-8-17)11-18-12-19(25-22-18)20(24)23-10-9-15-3-1-2-4-16(15)13-23/h1-8,19H,9-13H2. The van der Waals surface area contributed by atoms with Gasteiger partial charge in [-0.15, -0.1) is 0 Å². The van der Waals surface area contributed by atoms with E-state index in [1.165, 1.54) is 23.3 Å². The van der Waals surface area contributed by atoms with Crippen LogP contribution in [0.3, 0.4) is 0 Å². The Hall–Kier alpha value is -2.69. The number of carbonyl (C=O) groups is 1. The zero-order valence-electron chi connectivity index (χ0n) is 13.8. The molecule has 2 heterocycles. The van der Waals surface area contributed by atoms with Crippen molar-refractivity contribution in [3.8, 4) is 0 Å². The summed E-state index contributed by atoms with van der Waals surface area (Å²) in [5, 5.41) is 4.07. The maximum atomic E-state index is 13.0. The Balaban J connectivity index is 1.36. The molecule has 1 atom stereocenters. The molecule has 2 aromatic carbocycles. The normalized spacial score (nSPS) is 19.2. The molecule has 0 fully saturated rings. The summed E-state index contributed by atoms with van der Waals surface area (Å²) < 4.78 is 13.0. The number of oxime groups is 1. The lowest BCUT2D eigenvalue weighted by molar-refractivity contribution is -0.143. The molecule has 2 aromatic rings. The monoisotopic (exact) mass is 338 g/mol. The molecule has 2 aliphatic heterocycles. The fourth-order valence-corrected chi connectivity index (χ4v) is 3.39. The van der Waals surface area contributed by atoms with Gasteiger partial charge in [0.15, 0.2) is 0 Å². The van der Waals surface area contributed by atoms with Gasteiger partial charge in [-0.1, -0.05) is 41.6 Å². The summed E-state index contributed by atoms with van der Waals surface area (Å²) in [5.41, 5.74) is 4.30. The molecule has 25 heavy (non-hydrogen) atoms. The van der Waals surface area contributed by atoms with Crippen LogP contribution in [0.2, 0.25) is 0 Å². The molecule has 1 amide bonds. The first kappa shape index (κ1) is 15.8. The molecule has 0 saturated carbocycles. The van der Waals surface area contributed by atoms with Gasteiger partial charge in [0.1, 0.15) is 5.82 Å². The fourth-order valence-electron chi connectivity index (χ4n) is 3.39. The molecule has 0 radical (unpaired) electrons. The first-order chi connectivity index (χ1) is 12.2. The SMILES string of the molecule is O=C(C1CC(Cc2ccc(F)cc2)=NO1)N1CCc2ccccc2C1. The van der Waals surface area contributed by atoms with E-state index >= 15 is 0 Å². The lowest BCUT2D eigenvalue weighted by Crippen LogP contribution is -2.42. The Morgan fingerprint density at radius 1 is 1.16 bits per heavy atom. The summed E-state index contributed by atoms with van der Waals surface area (Å²) in [4.78, 5) is 20.0. The molecular formula is C20H19FN2O2. The molecule has 4 nitrogen and oxygen atoms in total. The molecular weight excluding hydrogens is 319 g/mol. The second kappa shape index (κ2) is 6.67. The van der Waals surface area contributed by atoms with Crippen LogP contribution in [0.25, 0.3) is 0 Å². The predicted octanol–water partition coefficient (Wildman–Crippen LogP) is 3.10. The number of benzene rings is 2. The van der Waals surface area contributed by atoms with Gasteiger partial charge >= 0.3 is 0 Å². The van der Waals surface area contributed by atoms with E-state index < -0.39 is 6.10 Å². The fraction of sp³-hybridized carbons (Fsp3) is 0.300. The third-order valence-electron chi connectivity index (χ3n) is 4.77. The number of hydrogen-bond donors (Lipinski definition) is 0. The molecule has 0 saturated heterocycles. The van der Waals surface area contributed by atoms with Gasteiger partial charge < -0.3 is 9.74 Å². The first-order valence-electron chi connectivity index (χ1n) is 8.50. The number of amides is 1. The summed E-state index contributed by atoms with van der Waals surface area (Å²) in [6.07, 6.45) is 1.40. The van der Waals surface area contributed by atoms with Crippen molar-refractivity contribution in [2.24, 2.45) is 5.16 Å². The highest BCUT2D eigenvalue weighted by molar-refractivity contribution is 5.94. The summed E-state index contributed by atoms with van der Waals surface area (Å²) >= 11 is 0. The summed E-state index contributed by atoms with van der Waals surface area (Å²) in [6.45, 7) is 1.34. The highest BCUT2D eigenvalue weighted by Gasteiger charge is 2.33. The third kappa shape index (κ3) is 3.40. The van der Waals surface area contributed by atoms with Gasteiger partial charge in [-0.05, 0) is 35.2 Å². The zero-order chi connectivity index (χ0) is 17.2. The minimum Gasteiger partial charge on any atom is -0.382 e. The Morgan fingerprint density at radius 2 is 1.92 bits per heavy atom. The van der Waals surface area contributed by atoms with Crippen molar-refractivity contribution in [2.75, 3.05) is 6.54 Å². The topological polar surface area (TPSA) is 41.9 Å². The molecule has 0 aromatic heterocycles. The molecule has 1 unspecified atom stereocenters. The van der Waals surface area contributed by atoms with Crippen molar-refractivity contribution in [1.82, 2.24) is 4.90 Å². The Bertz CT molecular complexity index is 817. The highest BCUT2D eigenvalue weighted by atomic mass is 19.1. The summed E-state index contributed by atoms with van der Waals surface area (Å²) in [6, 6.07) is 14.5. The second-order valence-corrected chi connectivity index (χ2v) is 6.54. The number of hydrogen-bond acceptors (Lipinski definition) is 3. The van der Waals surface area contributed by atoms with Crippen molar-refractivity contribution in [2.45, 2.75) is 31.9 Å². The van der Waals surface area contributed by atoms with Crippen LogP contribution >= 0.6 is 0 Å². The van der Waals surface area contributed by atoms with Crippen molar-refractivity contribution in [3.63, 3.8) is 0 Å². The average Bonchev–Trinajstić information content (AvgIpc) is 3.11. The number of carbonyl (C=O) groups excluding carboxylic acids is 1. The van der Waals surface area contributed by atoms with Crippen molar-refractivity contribution >= 4 is 11.6 Å². The highest BCUT2D eigenvalue weighted by Crippen LogP contribution is 2.22.